The topological polar surface area (TPSA) is 0 Å². The van der Waals surface area contributed by atoms with Gasteiger partial charge in [0.1, 0.15) is 0 Å². The molecule has 0 amide bonds. The highest BCUT2D eigenvalue weighted by molar-refractivity contribution is 8.46. The fourth-order valence-electron chi connectivity index (χ4n) is 22.3. The molecule has 0 fully saturated rings. The molecule has 124 radical (unpaired) electrons. The van der Waals surface area contributed by atoms with E-state index in [0.717, 1.165) is 0 Å². The maximum absolute atomic E-state index is 7.74. The number of rotatable bonds is 59. The average molecular weight is 1320 g/mol. The molecule has 0 aromatic carbocycles. The monoisotopic (exact) mass is 1340 g/mol. The largest absolute Gasteiger partial charge is 0 e. The Hall–Kier alpha value is 7.92. The van der Waals surface area contributed by atoms with Crippen molar-refractivity contribution in [3.8, 4) is 0 Å². The Balaban J connectivity index is 16.8. The Bertz CT molecular complexity index is 2150. The Labute approximate surface area is 853 Å². The molecule has 0 aromatic heterocycles. The van der Waals surface area contributed by atoms with Crippen LogP contribution in [0.15, 0.2) is 0 Å². The third kappa shape index (κ3) is 34.6. The van der Waals surface area contributed by atoms with Gasteiger partial charge in [-0.1, -0.05) is 0 Å². The van der Waals surface area contributed by atoms with Gasteiger partial charge >= 0.3 is 0 Å². The molecule has 0 N–H and O–H groups in total. The van der Waals surface area contributed by atoms with Crippen molar-refractivity contribution in [2.45, 2.75) is 0 Å². The summed E-state index contributed by atoms with van der Waals surface area (Å²) in [5.74, 6) is 0. The van der Waals surface area contributed by atoms with Crippen molar-refractivity contribution in [3.63, 3.8) is 0 Å². The zero-order valence-electron chi connectivity index (χ0n) is 70.4. The predicted octanol–water partition coefficient (Wildman–Crippen LogP) is -46.5. The van der Waals surface area contributed by atoms with Crippen LogP contribution in [0.3, 0.4) is 0 Å². The van der Waals surface area contributed by atoms with E-state index in [-0.39, 0.29) is 0 Å². The standard InChI is InChI=1S/B122/c1-63(2)94(64(3)4)109(93(61)62)117(110(95(65(5)6)66(7)8)96(67(9)10)68(11)12)121(118(111(97(69(13)14)70(15)16)98(71(17)18)72(19)20)112(99(73(21)22)74(23)24)100(75(25)26)76(27)28)122(119(113(101(77(29)30)78(31)32)102(79(33)34)80(35)36)114(103(81(37)38)82(39)40)104(83(41)42)84(43)44)120(115(105(85(45)46)86(47)48)106(87(49)50)88(51)52)116(107(89(53)54)90(55)56)108(91(57)58)92(59)60. The molecular formula is B122. The highest BCUT2D eigenvalue weighted by Crippen LogP contribution is 2.33. The van der Waals surface area contributed by atoms with Crippen LogP contribution in [0.2, 0.25) is 0 Å². The molecule has 0 rings (SSSR count). The molecule has 0 heterocycles. The second-order valence-corrected chi connectivity index (χ2v) is 34.6. The van der Waals surface area contributed by atoms with Gasteiger partial charge in [0, 0.05) is 863 Å². The Morgan fingerprint density at radius 2 is 0.0738 bits per heavy atom. The molecule has 122 heteroatoms. The molecule has 0 aliphatic rings. The highest BCUT2D eigenvalue weighted by Gasteiger charge is 2.71. The first-order valence-electron chi connectivity index (χ1n) is 40.3. The van der Waals surface area contributed by atoms with Gasteiger partial charge in [-0.3, -0.25) is 0 Å². The van der Waals surface area contributed by atoms with Gasteiger partial charge in [-0.15, -0.1) is 0 Å². The van der Waals surface area contributed by atoms with Crippen LogP contribution in [-0.4, -0.2) is 863 Å². The summed E-state index contributed by atoms with van der Waals surface area (Å²) in [6.45, 7) is 0. The summed E-state index contributed by atoms with van der Waals surface area (Å²) in [6.07, 6.45) is -128. The van der Waals surface area contributed by atoms with E-state index in [2.05, 4.69) is 0 Å². The molecule has 0 saturated heterocycles. The Morgan fingerprint density at radius 1 is 0.0410 bits per heavy atom. The summed E-state index contributed by atoms with van der Waals surface area (Å²) in [6, 6.07) is 0. The zero-order valence-corrected chi connectivity index (χ0v) is 70.4. The van der Waals surface area contributed by atoms with Crippen molar-refractivity contribution in [3.05, 3.63) is 0 Å². The lowest BCUT2D eigenvalue weighted by Gasteiger charge is -2.64. The summed E-state index contributed by atoms with van der Waals surface area (Å²) in [5.41, 5.74) is 0. The molecule has 366 valence electrons. The Kier molecular flexibility index (Phi) is 63.6. The van der Waals surface area contributed by atoms with Crippen LogP contribution < -0.4 is 0 Å². The van der Waals surface area contributed by atoms with Crippen LogP contribution in [0.5, 0.6) is 0 Å². The maximum atomic E-state index is 7.74. The molecule has 0 saturated carbocycles. The van der Waals surface area contributed by atoms with Crippen LogP contribution >= 0.6 is 0 Å². The van der Waals surface area contributed by atoms with E-state index in [1.54, 1.807) is 0 Å². The summed E-state index contributed by atoms with van der Waals surface area (Å²) in [4.78, 5) is 0. The van der Waals surface area contributed by atoms with Crippen molar-refractivity contribution < 1.29 is 0 Å². The van der Waals surface area contributed by atoms with Crippen LogP contribution in [0.25, 0.3) is 0 Å². The minimum atomic E-state index is -2.71. The average Bonchev–Trinajstić information content (AvgIpc) is 0.700. The van der Waals surface area contributed by atoms with E-state index in [4.69, 9.17) is 480 Å². The van der Waals surface area contributed by atoms with Crippen molar-refractivity contribution >= 4 is 863 Å². The number of hydrogen-bond acceptors (Lipinski definition) is 0. The highest BCUT2D eigenvalue weighted by atomic mass is 13.5. The lowest BCUT2D eigenvalue weighted by atomic mass is 8.17. The minimum absolute atomic E-state index is 2.00. The first-order valence-corrected chi connectivity index (χ1v) is 40.3. The molecule has 0 aromatic rings. The predicted molar refractivity (Wildman–Crippen MR) is 702 cm³/mol. The van der Waals surface area contributed by atoms with E-state index in [1.807, 2.05) is 0 Å². The van der Waals surface area contributed by atoms with E-state index < -0.39 is 383 Å². The van der Waals surface area contributed by atoms with Gasteiger partial charge in [0.2, 0.25) is 0 Å². The van der Waals surface area contributed by atoms with E-state index >= 15 is 0 Å². The summed E-state index contributed by atoms with van der Waals surface area (Å²) in [5, 5.41) is 0. The van der Waals surface area contributed by atoms with E-state index in [0.29, 0.717) is 0 Å². The lowest BCUT2D eigenvalue weighted by molar-refractivity contribution is 3.11. The maximum Gasteiger partial charge on any atom is 0 e. The molecule has 0 spiro atoms. The molecule has 122 heavy (non-hydrogen) atoms. The lowest BCUT2D eigenvalue weighted by Crippen LogP contribution is -3.03. The van der Waals surface area contributed by atoms with E-state index in [9.17, 15) is 0 Å². The van der Waals surface area contributed by atoms with Gasteiger partial charge in [0.05, 0.1) is 0 Å². The third-order valence-electron chi connectivity index (χ3n) is 26.2. The van der Waals surface area contributed by atoms with Crippen LogP contribution in [0.4, 0.5) is 0 Å². The summed E-state index contributed by atoms with van der Waals surface area (Å²) in [7, 11) is 456. The molecule has 0 aliphatic heterocycles. The first-order chi connectivity index (χ1) is 55.5. The van der Waals surface area contributed by atoms with Crippen LogP contribution in [-0.2, 0) is 0 Å². The second-order valence-electron chi connectivity index (χ2n) is 34.6. The molecule has 0 atom stereocenters. The fourth-order valence-corrected chi connectivity index (χ4v) is 22.3. The summed E-state index contributed by atoms with van der Waals surface area (Å²) >= 11 is 0. The van der Waals surface area contributed by atoms with Crippen molar-refractivity contribution in [2.75, 3.05) is 0 Å². The molecule has 0 unspecified atom stereocenters. The van der Waals surface area contributed by atoms with Crippen molar-refractivity contribution in [2.24, 2.45) is 0 Å². The van der Waals surface area contributed by atoms with Gasteiger partial charge in [0.15, 0.2) is 0 Å². The molecule has 0 bridgehead atoms. The minimum Gasteiger partial charge on any atom is 0 e. The molecule has 0 nitrogen and oxygen atoms in total. The number of hydrogen-bond donors (Lipinski definition) is 0. The summed E-state index contributed by atoms with van der Waals surface area (Å²) < 4.78 is 0. The van der Waals surface area contributed by atoms with Gasteiger partial charge in [-0.2, -0.15) is 0 Å². The SMILES string of the molecule is [B]B([B])B(B([B])[B])B(B([B])[B])B(B(B(B([B])[B])B([B])[B])B(B([B])[B])B([B])[B])B(B(B(B(B([B])[B])B([B])[B])B(B([B])[B])B([B])[B])B(B(B([B])[B])B([B])[B])B(B([B])[B])B([B])[B])B(B(B(B(B([B])[B])B([B])[B])B(B([B])[B])B([B])[B])B(B(B([B])[B])B([B])[B])B(B([B])[B])B([B])[B])B(B(B(B([B])[B])B([B])[B])B(B([B])[B])B([B])[B])B(B(B([B])[B])B([B])[B])B(B([B])[B])B([B])[B]. The Morgan fingerprint density at radius 3 is 0.123 bits per heavy atom. The van der Waals surface area contributed by atoms with Gasteiger partial charge in [-0.05, 0) is 0 Å². The quantitative estimate of drug-likeness (QED) is 0.0533. The van der Waals surface area contributed by atoms with Crippen molar-refractivity contribution in [1.82, 2.24) is 0 Å². The third-order valence-corrected chi connectivity index (χ3v) is 26.2. The normalized spacial score (nSPS) is 9.87. The smallest absolute Gasteiger partial charge is 0 e. The first kappa shape index (κ1) is 130. The zero-order chi connectivity index (χ0) is 96.6. The van der Waals surface area contributed by atoms with E-state index in [1.165, 1.54) is 0 Å². The van der Waals surface area contributed by atoms with Gasteiger partial charge in [0.25, 0.3) is 0 Å². The van der Waals surface area contributed by atoms with Crippen molar-refractivity contribution in [1.29, 1.82) is 0 Å². The second kappa shape index (κ2) is 59.7. The fraction of sp³-hybridized carbons (Fsp3) is 0. The van der Waals surface area contributed by atoms with Crippen LogP contribution in [0, 0.1) is 0 Å². The molecular weight excluding hydrogens is 1320 g/mol. The van der Waals surface area contributed by atoms with Gasteiger partial charge < -0.3 is 0 Å². The van der Waals surface area contributed by atoms with Gasteiger partial charge in [-0.25, -0.2) is 0 Å². The molecule has 0 aliphatic carbocycles. The van der Waals surface area contributed by atoms with Crippen LogP contribution in [0.1, 0.15) is 0 Å².